The second-order valence-corrected chi connectivity index (χ2v) is 4.60. The van der Waals surface area contributed by atoms with Gasteiger partial charge in [0.1, 0.15) is 0 Å². The second kappa shape index (κ2) is 4.85. The molecule has 4 nitrogen and oxygen atoms in total. The Morgan fingerprint density at radius 2 is 2.18 bits per heavy atom. The van der Waals surface area contributed by atoms with E-state index in [1.54, 1.807) is 0 Å². The lowest BCUT2D eigenvalue weighted by molar-refractivity contribution is 0.244. The van der Waals surface area contributed by atoms with Gasteiger partial charge in [-0.25, -0.2) is 0 Å². The number of pyridine rings is 1. The molecule has 3 heterocycles. The summed E-state index contributed by atoms with van der Waals surface area (Å²) in [7, 11) is 0. The Balaban J connectivity index is 1.63. The molecule has 1 saturated heterocycles. The zero-order chi connectivity index (χ0) is 11.5. The van der Waals surface area contributed by atoms with Crippen molar-refractivity contribution in [2.75, 3.05) is 32.7 Å². The van der Waals surface area contributed by atoms with Crippen LogP contribution in [0.3, 0.4) is 0 Å². The fourth-order valence-corrected chi connectivity index (χ4v) is 2.34. The van der Waals surface area contributed by atoms with Crippen molar-refractivity contribution in [3.05, 3.63) is 30.1 Å². The topological polar surface area (TPSA) is 44.0 Å². The maximum Gasteiger partial charge on any atom is 0.0878 e. The van der Waals surface area contributed by atoms with Crippen LogP contribution >= 0.6 is 0 Å². The van der Waals surface area contributed by atoms with Gasteiger partial charge in [0.15, 0.2) is 0 Å². The van der Waals surface area contributed by atoms with Gasteiger partial charge in [0.2, 0.25) is 0 Å². The van der Waals surface area contributed by atoms with E-state index in [1.807, 2.05) is 18.5 Å². The molecule has 0 unspecified atom stereocenters. The minimum atomic E-state index is 1.05. The summed E-state index contributed by atoms with van der Waals surface area (Å²) < 4.78 is 0. The molecule has 0 spiro atoms. The number of aromatic nitrogens is 2. The highest BCUT2D eigenvalue weighted by atomic mass is 15.2. The van der Waals surface area contributed by atoms with Crippen molar-refractivity contribution in [3.63, 3.8) is 0 Å². The molecule has 0 amide bonds. The Morgan fingerprint density at radius 3 is 3.06 bits per heavy atom. The van der Waals surface area contributed by atoms with Crippen LogP contribution in [-0.4, -0.2) is 47.6 Å². The van der Waals surface area contributed by atoms with Crippen LogP contribution in [0.4, 0.5) is 0 Å². The van der Waals surface area contributed by atoms with Gasteiger partial charge in [-0.3, -0.25) is 4.98 Å². The summed E-state index contributed by atoms with van der Waals surface area (Å²) in [6, 6.07) is 4.22. The Labute approximate surface area is 101 Å². The van der Waals surface area contributed by atoms with Gasteiger partial charge >= 0.3 is 0 Å². The van der Waals surface area contributed by atoms with Crippen molar-refractivity contribution in [1.82, 2.24) is 20.2 Å². The molecule has 1 fully saturated rings. The molecule has 2 N–H and O–H groups in total. The summed E-state index contributed by atoms with van der Waals surface area (Å²) in [6.07, 6.45) is 5.03. The smallest absolute Gasteiger partial charge is 0.0878 e. The van der Waals surface area contributed by atoms with Crippen LogP contribution in [0.25, 0.3) is 11.0 Å². The monoisotopic (exact) mass is 230 g/mol. The lowest BCUT2D eigenvalue weighted by atomic mass is 10.2. The zero-order valence-electron chi connectivity index (χ0n) is 9.95. The molecule has 4 heteroatoms. The molecule has 0 saturated carbocycles. The van der Waals surface area contributed by atoms with E-state index in [0.29, 0.717) is 0 Å². The molecule has 17 heavy (non-hydrogen) atoms. The molecule has 0 aliphatic carbocycles. The summed E-state index contributed by atoms with van der Waals surface area (Å²) in [6.45, 7) is 5.70. The van der Waals surface area contributed by atoms with Crippen LogP contribution < -0.4 is 5.32 Å². The highest BCUT2D eigenvalue weighted by Gasteiger charge is 2.09. The molecular weight excluding hydrogens is 212 g/mol. The van der Waals surface area contributed by atoms with Gasteiger partial charge in [-0.15, -0.1) is 0 Å². The molecule has 0 bridgehead atoms. The average Bonchev–Trinajstić information content (AvgIpc) is 2.85. The number of nitrogens with one attached hydrogen (secondary N) is 2. The van der Waals surface area contributed by atoms with Crippen molar-refractivity contribution in [2.45, 2.75) is 6.42 Å². The quantitative estimate of drug-likeness (QED) is 0.827. The number of piperazine rings is 1. The van der Waals surface area contributed by atoms with Crippen molar-refractivity contribution >= 4 is 11.0 Å². The second-order valence-electron chi connectivity index (χ2n) is 4.60. The third-order valence-electron chi connectivity index (χ3n) is 3.38. The fraction of sp³-hybridized carbons (Fsp3) is 0.462. The van der Waals surface area contributed by atoms with Crippen LogP contribution in [0.5, 0.6) is 0 Å². The Hall–Kier alpha value is -1.39. The maximum absolute atomic E-state index is 4.44. The predicted molar refractivity (Wildman–Crippen MR) is 69.1 cm³/mol. The van der Waals surface area contributed by atoms with Gasteiger partial charge in [-0.05, 0) is 24.1 Å². The predicted octanol–water partition coefficient (Wildman–Crippen LogP) is 1.01. The van der Waals surface area contributed by atoms with Crippen LogP contribution in [0.2, 0.25) is 0 Å². The van der Waals surface area contributed by atoms with Crippen molar-refractivity contribution in [2.24, 2.45) is 0 Å². The van der Waals surface area contributed by atoms with E-state index < -0.39 is 0 Å². The third-order valence-corrected chi connectivity index (χ3v) is 3.38. The van der Waals surface area contributed by atoms with E-state index in [0.717, 1.165) is 50.2 Å². The summed E-state index contributed by atoms with van der Waals surface area (Å²) in [5.74, 6) is 0. The van der Waals surface area contributed by atoms with Gasteiger partial charge < -0.3 is 15.2 Å². The number of H-pyrrole nitrogens is 1. The van der Waals surface area contributed by atoms with E-state index in [-0.39, 0.29) is 0 Å². The summed E-state index contributed by atoms with van der Waals surface area (Å²) in [5.41, 5.74) is 3.51. The Kier molecular flexibility index (Phi) is 3.07. The van der Waals surface area contributed by atoms with Crippen molar-refractivity contribution < 1.29 is 0 Å². The average molecular weight is 230 g/mol. The van der Waals surface area contributed by atoms with Crippen LogP contribution in [0, 0.1) is 0 Å². The summed E-state index contributed by atoms with van der Waals surface area (Å²) in [5, 5.41) is 3.37. The van der Waals surface area contributed by atoms with Gasteiger partial charge in [0, 0.05) is 45.1 Å². The van der Waals surface area contributed by atoms with Crippen LogP contribution in [-0.2, 0) is 6.42 Å². The molecule has 90 valence electrons. The van der Waals surface area contributed by atoms with Gasteiger partial charge in [0.05, 0.1) is 11.0 Å². The normalized spacial score (nSPS) is 17.6. The van der Waals surface area contributed by atoms with Gasteiger partial charge in [0.25, 0.3) is 0 Å². The highest BCUT2D eigenvalue weighted by Crippen LogP contribution is 2.11. The first-order valence-corrected chi connectivity index (χ1v) is 6.27. The van der Waals surface area contributed by atoms with E-state index in [4.69, 9.17) is 0 Å². The number of rotatable bonds is 3. The highest BCUT2D eigenvalue weighted by molar-refractivity contribution is 5.74. The molecule has 0 atom stereocenters. The molecule has 1 aliphatic heterocycles. The SMILES string of the molecule is c1cc2ncc(CCN3CCNCC3)cc2[nH]1. The number of hydrogen-bond donors (Lipinski definition) is 2. The molecule has 3 rings (SSSR count). The summed E-state index contributed by atoms with van der Waals surface area (Å²) >= 11 is 0. The number of aromatic amines is 1. The van der Waals surface area contributed by atoms with Crippen LogP contribution in [0.1, 0.15) is 5.56 Å². The van der Waals surface area contributed by atoms with E-state index in [1.165, 1.54) is 5.56 Å². The number of hydrogen-bond acceptors (Lipinski definition) is 3. The first-order chi connectivity index (χ1) is 8.42. The lowest BCUT2D eigenvalue weighted by Crippen LogP contribution is -2.44. The molecule has 2 aromatic rings. The molecule has 0 aromatic carbocycles. The Morgan fingerprint density at radius 1 is 1.29 bits per heavy atom. The lowest BCUT2D eigenvalue weighted by Gasteiger charge is -2.27. The first kappa shape index (κ1) is 10.7. The van der Waals surface area contributed by atoms with E-state index >= 15 is 0 Å². The molecular formula is C13H18N4. The minimum absolute atomic E-state index is 1.05. The fourth-order valence-electron chi connectivity index (χ4n) is 2.34. The van der Waals surface area contributed by atoms with Crippen LogP contribution in [0.15, 0.2) is 24.5 Å². The standard InChI is InChI=1S/C13H18N4/c1-3-15-13-9-11(10-16-12(1)13)2-6-17-7-4-14-5-8-17/h1,3,9-10,14-15H,2,4-8H2. The maximum atomic E-state index is 4.44. The summed E-state index contributed by atoms with van der Waals surface area (Å²) in [4.78, 5) is 10.2. The molecule has 2 aromatic heterocycles. The van der Waals surface area contributed by atoms with E-state index in [2.05, 4.69) is 26.3 Å². The number of fused-ring (bicyclic) bond motifs is 1. The third kappa shape index (κ3) is 2.48. The first-order valence-electron chi connectivity index (χ1n) is 6.27. The molecule has 1 aliphatic rings. The minimum Gasteiger partial charge on any atom is -0.360 e. The Bertz CT molecular complexity index is 485. The molecule has 0 radical (unpaired) electrons. The van der Waals surface area contributed by atoms with Gasteiger partial charge in [-0.1, -0.05) is 0 Å². The zero-order valence-corrected chi connectivity index (χ0v) is 9.95. The van der Waals surface area contributed by atoms with E-state index in [9.17, 15) is 0 Å². The number of nitrogens with zero attached hydrogens (tertiary/aromatic N) is 2. The van der Waals surface area contributed by atoms with Gasteiger partial charge in [-0.2, -0.15) is 0 Å². The van der Waals surface area contributed by atoms with Crippen molar-refractivity contribution in [1.29, 1.82) is 0 Å². The van der Waals surface area contributed by atoms with Crippen molar-refractivity contribution in [3.8, 4) is 0 Å². The largest absolute Gasteiger partial charge is 0.360 e.